The van der Waals surface area contributed by atoms with E-state index >= 15 is 0 Å². The van der Waals surface area contributed by atoms with Crippen LogP contribution in [-0.4, -0.2) is 11.7 Å². The van der Waals surface area contributed by atoms with E-state index in [2.05, 4.69) is 15.9 Å². The van der Waals surface area contributed by atoms with Gasteiger partial charge in [0.2, 0.25) is 0 Å². The van der Waals surface area contributed by atoms with Gasteiger partial charge in [-0.3, -0.25) is 4.90 Å². The minimum atomic E-state index is -0.558. The van der Waals surface area contributed by atoms with Crippen LogP contribution < -0.4 is 10.6 Å². The third kappa shape index (κ3) is 4.99. The highest BCUT2D eigenvalue weighted by Gasteiger charge is 2.24. The Morgan fingerprint density at radius 2 is 1.83 bits per heavy atom. The normalized spacial score (nSPS) is 11.1. The zero-order valence-corrected chi connectivity index (χ0v) is 15.1. The van der Waals surface area contributed by atoms with Crippen LogP contribution in [0.4, 0.5) is 16.2 Å². The molecule has 0 bridgehead atoms. The largest absolute Gasteiger partial charge is 0.443 e. The van der Waals surface area contributed by atoms with Crippen LogP contribution in [0.5, 0.6) is 0 Å². The Labute approximate surface area is 145 Å². The molecule has 122 valence electrons. The lowest BCUT2D eigenvalue weighted by molar-refractivity contribution is 0.0577. The number of anilines is 2. The minimum absolute atomic E-state index is 0.391. The van der Waals surface area contributed by atoms with Crippen molar-refractivity contribution in [3.8, 4) is 0 Å². The van der Waals surface area contributed by atoms with Gasteiger partial charge in [-0.25, -0.2) is 4.79 Å². The van der Waals surface area contributed by atoms with E-state index in [-0.39, 0.29) is 0 Å². The zero-order chi connectivity index (χ0) is 17.0. The number of carbonyl (C=O) groups excluding carboxylic acids is 1. The first kappa shape index (κ1) is 17.3. The van der Waals surface area contributed by atoms with Crippen molar-refractivity contribution in [2.45, 2.75) is 32.9 Å². The SMILES string of the molecule is CC(C)(C)OC(=O)N(Cc1ccccc1)c1ccc(N)c(Br)c1. The first-order valence-corrected chi connectivity index (χ1v) is 8.15. The van der Waals surface area contributed by atoms with E-state index in [4.69, 9.17) is 10.5 Å². The Balaban J connectivity index is 2.34. The fourth-order valence-corrected chi connectivity index (χ4v) is 2.39. The van der Waals surface area contributed by atoms with Crippen molar-refractivity contribution in [1.29, 1.82) is 0 Å². The van der Waals surface area contributed by atoms with Gasteiger partial charge in [-0.15, -0.1) is 0 Å². The lowest BCUT2D eigenvalue weighted by atomic mass is 10.2. The third-order valence-electron chi connectivity index (χ3n) is 3.09. The summed E-state index contributed by atoms with van der Waals surface area (Å²) in [5.74, 6) is 0. The molecule has 1 amide bonds. The number of nitrogens with zero attached hydrogens (tertiary/aromatic N) is 1. The van der Waals surface area contributed by atoms with Crippen molar-refractivity contribution >= 4 is 33.4 Å². The van der Waals surface area contributed by atoms with Crippen molar-refractivity contribution in [1.82, 2.24) is 0 Å². The van der Waals surface area contributed by atoms with Crippen LogP contribution in [0.15, 0.2) is 53.0 Å². The first-order chi connectivity index (χ1) is 10.8. The molecule has 0 atom stereocenters. The topological polar surface area (TPSA) is 55.6 Å². The maximum absolute atomic E-state index is 12.6. The summed E-state index contributed by atoms with van der Waals surface area (Å²) in [6.45, 7) is 5.98. The van der Waals surface area contributed by atoms with Crippen molar-refractivity contribution in [3.05, 3.63) is 58.6 Å². The number of hydrogen-bond donors (Lipinski definition) is 1. The fourth-order valence-electron chi connectivity index (χ4n) is 2.03. The van der Waals surface area contributed by atoms with Gasteiger partial charge in [0, 0.05) is 15.8 Å². The number of benzene rings is 2. The molecule has 0 aliphatic heterocycles. The van der Waals surface area contributed by atoms with Crippen LogP contribution >= 0.6 is 15.9 Å². The zero-order valence-electron chi connectivity index (χ0n) is 13.5. The molecule has 0 unspecified atom stereocenters. The van der Waals surface area contributed by atoms with Gasteiger partial charge in [0.15, 0.2) is 0 Å². The van der Waals surface area contributed by atoms with E-state index in [0.717, 1.165) is 15.7 Å². The number of nitrogen functional groups attached to an aromatic ring is 1. The van der Waals surface area contributed by atoms with Crippen LogP contribution in [0.25, 0.3) is 0 Å². The Bertz CT molecular complexity index is 681. The van der Waals surface area contributed by atoms with Crippen LogP contribution in [0.3, 0.4) is 0 Å². The van der Waals surface area contributed by atoms with Gasteiger partial charge in [-0.2, -0.15) is 0 Å². The van der Waals surface area contributed by atoms with E-state index in [0.29, 0.717) is 12.2 Å². The highest BCUT2D eigenvalue weighted by molar-refractivity contribution is 9.10. The number of rotatable bonds is 3. The first-order valence-electron chi connectivity index (χ1n) is 7.36. The molecule has 0 saturated heterocycles. The molecule has 4 nitrogen and oxygen atoms in total. The average Bonchev–Trinajstić information content (AvgIpc) is 2.47. The van der Waals surface area contributed by atoms with Gasteiger partial charge in [-0.05, 0) is 60.5 Å². The molecular weight excluding hydrogens is 356 g/mol. The number of nitrogens with two attached hydrogens (primary N) is 1. The molecule has 0 saturated carbocycles. The molecule has 2 N–H and O–H groups in total. The molecule has 2 aromatic carbocycles. The molecule has 0 fully saturated rings. The van der Waals surface area contributed by atoms with Gasteiger partial charge in [0.25, 0.3) is 0 Å². The maximum atomic E-state index is 12.6. The number of ether oxygens (including phenoxy) is 1. The average molecular weight is 377 g/mol. The predicted octanol–water partition coefficient (Wildman–Crippen LogP) is 4.97. The van der Waals surface area contributed by atoms with Gasteiger partial charge in [0.05, 0.1) is 6.54 Å². The smallest absolute Gasteiger partial charge is 0.415 e. The molecule has 2 aromatic rings. The van der Waals surface area contributed by atoms with Gasteiger partial charge in [0.1, 0.15) is 5.60 Å². The van der Waals surface area contributed by atoms with Crippen LogP contribution in [0, 0.1) is 0 Å². The summed E-state index contributed by atoms with van der Waals surface area (Å²) in [4.78, 5) is 14.2. The predicted molar refractivity (Wildman–Crippen MR) is 97.4 cm³/mol. The van der Waals surface area contributed by atoms with Crippen molar-refractivity contribution in [2.24, 2.45) is 0 Å². The highest BCUT2D eigenvalue weighted by Crippen LogP contribution is 2.28. The summed E-state index contributed by atoms with van der Waals surface area (Å²) >= 11 is 3.41. The van der Waals surface area contributed by atoms with Crippen LogP contribution in [-0.2, 0) is 11.3 Å². The second kappa shape index (κ2) is 7.04. The molecular formula is C18H21BrN2O2. The standard InChI is InChI=1S/C18H21BrN2O2/c1-18(2,3)23-17(22)21(12-13-7-5-4-6-8-13)14-9-10-16(20)15(19)11-14/h4-11H,12,20H2,1-3H3. The maximum Gasteiger partial charge on any atom is 0.415 e. The van der Waals surface area contributed by atoms with E-state index in [1.807, 2.05) is 63.2 Å². The Morgan fingerprint density at radius 3 is 2.39 bits per heavy atom. The summed E-state index contributed by atoms with van der Waals surface area (Å²) in [6, 6.07) is 15.2. The second-order valence-electron chi connectivity index (χ2n) is 6.26. The number of hydrogen-bond acceptors (Lipinski definition) is 3. The summed E-state index contributed by atoms with van der Waals surface area (Å²) in [7, 11) is 0. The Morgan fingerprint density at radius 1 is 1.17 bits per heavy atom. The molecule has 0 aliphatic rings. The Hall–Kier alpha value is -2.01. The number of halogens is 1. The van der Waals surface area contributed by atoms with E-state index in [1.54, 1.807) is 11.0 Å². The lowest BCUT2D eigenvalue weighted by Crippen LogP contribution is -2.36. The van der Waals surface area contributed by atoms with Crippen molar-refractivity contribution < 1.29 is 9.53 Å². The summed E-state index contributed by atoms with van der Waals surface area (Å²) in [5, 5.41) is 0. The number of carbonyl (C=O) groups is 1. The molecule has 0 aliphatic carbocycles. The molecule has 0 spiro atoms. The fraction of sp³-hybridized carbons (Fsp3) is 0.278. The molecule has 0 radical (unpaired) electrons. The quantitative estimate of drug-likeness (QED) is 0.768. The molecule has 2 rings (SSSR count). The van der Waals surface area contributed by atoms with Crippen LogP contribution in [0.1, 0.15) is 26.3 Å². The molecule has 0 heterocycles. The monoisotopic (exact) mass is 376 g/mol. The molecule has 0 aromatic heterocycles. The third-order valence-corrected chi connectivity index (χ3v) is 3.78. The van der Waals surface area contributed by atoms with Gasteiger partial charge < -0.3 is 10.5 Å². The summed E-state index contributed by atoms with van der Waals surface area (Å²) in [5.41, 5.74) is 7.65. The summed E-state index contributed by atoms with van der Waals surface area (Å²) in [6.07, 6.45) is -0.391. The molecule has 23 heavy (non-hydrogen) atoms. The highest BCUT2D eigenvalue weighted by atomic mass is 79.9. The molecule has 5 heteroatoms. The van der Waals surface area contributed by atoms with Gasteiger partial charge >= 0.3 is 6.09 Å². The lowest BCUT2D eigenvalue weighted by Gasteiger charge is -2.28. The van der Waals surface area contributed by atoms with Crippen LogP contribution in [0.2, 0.25) is 0 Å². The van der Waals surface area contributed by atoms with E-state index < -0.39 is 11.7 Å². The van der Waals surface area contributed by atoms with Crippen molar-refractivity contribution in [2.75, 3.05) is 10.6 Å². The van der Waals surface area contributed by atoms with Crippen molar-refractivity contribution in [3.63, 3.8) is 0 Å². The van der Waals surface area contributed by atoms with Gasteiger partial charge in [-0.1, -0.05) is 30.3 Å². The Kier molecular flexibility index (Phi) is 5.31. The number of amides is 1. The second-order valence-corrected chi connectivity index (χ2v) is 7.11. The minimum Gasteiger partial charge on any atom is -0.443 e. The van der Waals surface area contributed by atoms with E-state index in [1.165, 1.54) is 0 Å². The van der Waals surface area contributed by atoms with E-state index in [9.17, 15) is 4.79 Å². The summed E-state index contributed by atoms with van der Waals surface area (Å²) < 4.78 is 6.28.